The fourth-order valence-electron chi connectivity index (χ4n) is 1.46. The van der Waals surface area contributed by atoms with Gasteiger partial charge in [-0.1, -0.05) is 61.3 Å². The molecule has 0 amide bonds. The normalized spacial score (nSPS) is 14.6. The maximum Gasteiger partial charge on any atom is 0.0617 e. The van der Waals surface area contributed by atoms with Gasteiger partial charge < -0.3 is 15.3 Å². The number of rotatable bonds is 8. The molecule has 0 aromatic heterocycles. The second-order valence-electron chi connectivity index (χ2n) is 7.08. The summed E-state index contributed by atoms with van der Waals surface area (Å²) in [5, 5.41) is 26.6. The van der Waals surface area contributed by atoms with Crippen molar-refractivity contribution < 1.29 is 15.3 Å². The van der Waals surface area contributed by atoms with Crippen molar-refractivity contribution in [2.24, 2.45) is 11.8 Å². The van der Waals surface area contributed by atoms with Crippen LogP contribution in [-0.2, 0) is 0 Å². The average molecular weight is 321 g/mol. The lowest BCUT2D eigenvalue weighted by Crippen LogP contribution is -2.21. The molecule has 2 unspecified atom stereocenters. The van der Waals surface area contributed by atoms with E-state index in [9.17, 15) is 5.11 Å². The van der Waals surface area contributed by atoms with Gasteiger partial charge in [0.1, 0.15) is 0 Å². The first-order valence-corrected chi connectivity index (χ1v) is 9.09. The van der Waals surface area contributed by atoms with Gasteiger partial charge in [-0.3, -0.25) is 0 Å². The number of aliphatic hydroxyl groups is 3. The first-order chi connectivity index (χ1) is 10.1. The highest BCUT2D eigenvalue weighted by Crippen LogP contribution is 2.16. The highest BCUT2D eigenvalue weighted by molar-refractivity contribution is 4.68. The monoisotopic (exact) mass is 320 g/mol. The lowest BCUT2D eigenvalue weighted by Gasteiger charge is -2.20. The molecule has 0 heterocycles. The van der Waals surface area contributed by atoms with E-state index < -0.39 is 5.60 Å². The quantitative estimate of drug-likeness (QED) is 0.603. The molecule has 0 saturated heterocycles. The second-order valence-corrected chi connectivity index (χ2v) is 7.08. The molecule has 0 radical (unpaired) electrons. The molecule has 2 atom stereocenters. The van der Waals surface area contributed by atoms with Crippen LogP contribution in [0.2, 0.25) is 0 Å². The maximum absolute atomic E-state index is 9.45. The molecule has 0 aliphatic heterocycles. The summed E-state index contributed by atoms with van der Waals surface area (Å²) in [5.74, 6) is 1.07. The van der Waals surface area contributed by atoms with Gasteiger partial charge in [0.15, 0.2) is 0 Å². The highest BCUT2D eigenvalue weighted by Gasteiger charge is 2.15. The van der Waals surface area contributed by atoms with Gasteiger partial charge in [-0.2, -0.15) is 0 Å². The van der Waals surface area contributed by atoms with Crippen molar-refractivity contribution in [1.29, 1.82) is 0 Å². The van der Waals surface area contributed by atoms with E-state index in [1.165, 1.54) is 6.42 Å². The number of aliphatic hydroxyl groups excluding tert-OH is 2. The van der Waals surface area contributed by atoms with Gasteiger partial charge in [-0.25, -0.2) is 0 Å². The molecule has 0 aromatic carbocycles. The summed E-state index contributed by atoms with van der Waals surface area (Å²) in [6.07, 6.45) is 5.83. The molecule has 3 nitrogen and oxygen atoms in total. The molecule has 0 spiro atoms. The Labute approximate surface area is 140 Å². The second kappa shape index (κ2) is 17.2. The topological polar surface area (TPSA) is 60.7 Å². The van der Waals surface area contributed by atoms with Crippen LogP contribution >= 0.6 is 0 Å². The van der Waals surface area contributed by atoms with Crippen LogP contribution < -0.4 is 0 Å². The molecule has 22 heavy (non-hydrogen) atoms. The van der Waals surface area contributed by atoms with E-state index in [1.807, 2.05) is 34.6 Å². The SMILES string of the molecule is CC(C)CCO.CCC(O)C(C)C.CCCCC(C)(O)CC. The Morgan fingerprint density at radius 2 is 1.50 bits per heavy atom. The van der Waals surface area contributed by atoms with Gasteiger partial charge in [-0.15, -0.1) is 0 Å². The minimum absolute atomic E-state index is 0.0972. The van der Waals surface area contributed by atoms with E-state index in [1.54, 1.807) is 0 Å². The van der Waals surface area contributed by atoms with Crippen molar-refractivity contribution in [3.63, 3.8) is 0 Å². The van der Waals surface area contributed by atoms with Crippen LogP contribution in [0.1, 0.15) is 93.9 Å². The Kier molecular flexibility index (Phi) is 21.0. The zero-order valence-electron chi connectivity index (χ0n) is 16.5. The standard InChI is InChI=1S/C8H18O.C6H14O.C5H12O/c1-4-6-7-8(3,9)5-2;1-4-6(7)5(2)3;1-5(2)3-4-6/h9H,4-7H2,1-3H3;5-7H,4H2,1-3H3;5-6H,3-4H2,1-2H3. The van der Waals surface area contributed by atoms with Gasteiger partial charge in [-0.05, 0) is 44.4 Å². The van der Waals surface area contributed by atoms with Gasteiger partial charge in [0.05, 0.1) is 11.7 Å². The molecule has 0 saturated carbocycles. The predicted molar refractivity (Wildman–Crippen MR) is 98.1 cm³/mol. The zero-order valence-corrected chi connectivity index (χ0v) is 16.5. The molecule has 0 fully saturated rings. The van der Waals surface area contributed by atoms with E-state index in [0.717, 1.165) is 32.1 Å². The third-order valence-electron chi connectivity index (χ3n) is 3.72. The Bertz CT molecular complexity index is 201. The van der Waals surface area contributed by atoms with Crippen molar-refractivity contribution in [2.75, 3.05) is 6.61 Å². The number of hydrogen-bond acceptors (Lipinski definition) is 3. The van der Waals surface area contributed by atoms with Gasteiger partial charge >= 0.3 is 0 Å². The van der Waals surface area contributed by atoms with Crippen LogP contribution in [0.5, 0.6) is 0 Å². The number of hydrogen-bond donors (Lipinski definition) is 3. The molecular weight excluding hydrogens is 276 g/mol. The van der Waals surface area contributed by atoms with Gasteiger partial charge in [0, 0.05) is 6.61 Å². The van der Waals surface area contributed by atoms with Crippen LogP contribution in [-0.4, -0.2) is 33.6 Å². The minimum atomic E-state index is -0.407. The van der Waals surface area contributed by atoms with Crippen LogP contribution in [0.15, 0.2) is 0 Å². The molecule has 0 aromatic rings. The van der Waals surface area contributed by atoms with E-state index in [-0.39, 0.29) is 6.10 Å². The van der Waals surface area contributed by atoms with Crippen LogP contribution in [0.25, 0.3) is 0 Å². The summed E-state index contributed by atoms with van der Waals surface area (Å²) < 4.78 is 0. The summed E-state index contributed by atoms with van der Waals surface area (Å²) in [5.41, 5.74) is -0.407. The molecular formula is C19H44O3. The largest absolute Gasteiger partial charge is 0.396 e. The summed E-state index contributed by atoms with van der Waals surface area (Å²) >= 11 is 0. The fraction of sp³-hybridized carbons (Fsp3) is 1.00. The van der Waals surface area contributed by atoms with Crippen molar-refractivity contribution in [3.05, 3.63) is 0 Å². The molecule has 0 bridgehead atoms. The Hall–Kier alpha value is -0.120. The van der Waals surface area contributed by atoms with E-state index >= 15 is 0 Å². The molecule has 0 aliphatic carbocycles. The number of unbranched alkanes of at least 4 members (excludes halogenated alkanes) is 1. The molecule has 0 aliphatic rings. The third-order valence-corrected chi connectivity index (χ3v) is 3.72. The summed E-state index contributed by atoms with van der Waals surface area (Å²) in [4.78, 5) is 0. The van der Waals surface area contributed by atoms with E-state index in [2.05, 4.69) is 20.8 Å². The Morgan fingerprint density at radius 3 is 1.64 bits per heavy atom. The van der Waals surface area contributed by atoms with Crippen molar-refractivity contribution in [2.45, 2.75) is 106 Å². The van der Waals surface area contributed by atoms with E-state index in [0.29, 0.717) is 18.4 Å². The van der Waals surface area contributed by atoms with Gasteiger partial charge in [0.2, 0.25) is 0 Å². The first-order valence-electron chi connectivity index (χ1n) is 9.09. The minimum Gasteiger partial charge on any atom is -0.396 e. The fourth-order valence-corrected chi connectivity index (χ4v) is 1.46. The predicted octanol–water partition coefficient (Wildman–Crippen LogP) is 4.78. The summed E-state index contributed by atoms with van der Waals surface area (Å²) in [6, 6.07) is 0. The van der Waals surface area contributed by atoms with Crippen LogP contribution in [0.3, 0.4) is 0 Å². The van der Waals surface area contributed by atoms with Crippen LogP contribution in [0, 0.1) is 11.8 Å². The lowest BCUT2D eigenvalue weighted by atomic mass is 9.97. The molecule has 3 heteroatoms. The van der Waals surface area contributed by atoms with Crippen molar-refractivity contribution >= 4 is 0 Å². The van der Waals surface area contributed by atoms with Crippen molar-refractivity contribution in [3.8, 4) is 0 Å². The molecule has 138 valence electrons. The summed E-state index contributed by atoms with van der Waals surface area (Å²) in [7, 11) is 0. The molecule has 3 N–H and O–H groups in total. The van der Waals surface area contributed by atoms with Gasteiger partial charge in [0.25, 0.3) is 0 Å². The Balaban J connectivity index is -0.000000252. The first kappa shape index (κ1) is 26.8. The van der Waals surface area contributed by atoms with Crippen molar-refractivity contribution in [1.82, 2.24) is 0 Å². The maximum atomic E-state index is 9.45. The van der Waals surface area contributed by atoms with E-state index in [4.69, 9.17) is 10.2 Å². The molecule has 0 rings (SSSR count). The zero-order chi connectivity index (χ0) is 18.2. The Morgan fingerprint density at radius 1 is 1.00 bits per heavy atom. The lowest BCUT2D eigenvalue weighted by molar-refractivity contribution is 0.0447. The highest BCUT2D eigenvalue weighted by atomic mass is 16.3. The van der Waals surface area contributed by atoms with Crippen LogP contribution in [0.4, 0.5) is 0 Å². The smallest absolute Gasteiger partial charge is 0.0617 e. The summed E-state index contributed by atoms with van der Waals surface area (Å²) in [6.45, 7) is 16.6. The third kappa shape index (κ3) is 24.9. The average Bonchev–Trinajstić information content (AvgIpc) is 2.45.